The Bertz CT molecular complexity index is 308. The van der Waals surface area contributed by atoms with Crippen molar-refractivity contribution in [3.63, 3.8) is 0 Å². The second kappa shape index (κ2) is 3.22. The van der Waals surface area contributed by atoms with Crippen molar-refractivity contribution >= 4 is 5.91 Å². The molecule has 1 heterocycles. The highest BCUT2D eigenvalue weighted by Gasteiger charge is 2.67. The minimum atomic E-state index is 0.375. The largest absolute Gasteiger partial charge is 0.352 e. The Morgan fingerprint density at radius 1 is 1.12 bits per heavy atom. The van der Waals surface area contributed by atoms with Gasteiger partial charge in [-0.1, -0.05) is 0 Å². The summed E-state index contributed by atoms with van der Waals surface area (Å²) in [5.41, 5.74) is 0. The van der Waals surface area contributed by atoms with Gasteiger partial charge < -0.3 is 10.6 Å². The standard InChI is InChI=1S/C13H20N2O/c16-13(15-9-3-4-14-6-9)12-10-7-1-2-8(5-7)11(10)12/h7-12,14H,1-6H2,(H,15,16). The SMILES string of the molecule is O=C(NC1CCNC1)C1C2C3CCC(C3)C12. The summed E-state index contributed by atoms with van der Waals surface area (Å²) < 4.78 is 0. The average molecular weight is 220 g/mol. The van der Waals surface area contributed by atoms with Crippen LogP contribution < -0.4 is 10.6 Å². The van der Waals surface area contributed by atoms with Crippen LogP contribution in [-0.4, -0.2) is 25.0 Å². The Kier molecular flexibility index (Phi) is 1.90. The van der Waals surface area contributed by atoms with Gasteiger partial charge in [-0.25, -0.2) is 0 Å². The summed E-state index contributed by atoms with van der Waals surface area (Å²) in [6.07, 6.45) is 5.35. The van der Waals surface area contributed by atoms with Crippen LogP contribution in [0.2, 0.25) is 0 Å². The first-order valence-electron chi connectivity index (χ1n) is 6.85. The van der Waals surface area contributed by atoms with E-state index in [1.54, 1.807) is 0 Å². The van der Waals surface area contributed by atoms with Crippen LogP contribution in [0.4, 0.5) is 0 Å². The Hall–Kier alpha value is -0.570. The first kappa shape index (κ1) is 9.46. The number of hydrogen-bond donors (Lipinski definition) is 2. The number of amides is 1. The van der Waals surface area contributed by atoms with E-state index in [-0.39, 0.29) is 0 Å². The molecule has 4 rings (SSSR count). The third-order valence-electron chi connectivity index (χ3n) is 5.44. The van der Waals surface area contributed by atoms with Crippen LogP contribution >= 0.6 is 0 Å². The van der Waals surface area contributed by atoms with Crippen LogP contribution in [0.25, 0.3) is 0 Å². The van der Waals surface area contributed by atoms with Gasteiger partial charge in [-0.3, -0.25) is 4.79 Å². The molecule has 3 aliphatic carbocycles. The second-order valence-electron chi connectivity index (χ2n) is 6.21. The number of carbonyl (C=O) groups excluding carboxylic acids is 1. The van der Waals surface area contributed by atoms with Crippen molar-refractivity contribution in [3.05, 3.63) is 0 Å². The lowest BCUT2D eigenvalue weighted by molar-refractivity contribution is -0.123. The molecule has 5 atom stereocenters. The molecule has 5 unspecified atom stereocenters. The zero-order chi connectivity index (χ0) is 10.7. The molecule has 0 spiro atoms. The van der Waals surface area contributed by atoms with Gasteiger partial charge in [-0.05, 0) is 55.9 Å². The summed E-state index contributed by atoms with van der Waals surface area (Å²) >= 11 is 0. The van der Waals surface area contributed by atoms with Crippen LogP contribution in [0.3, 0.4) is 0 Å². The highest BCUT2D eigenvalue weighted by molar-refractivity contribution is 5.83. The topological polar surface area (TPSA) is 41.1 Å². The van der Waals surface area contributed by atoms with Gasteiger partial charge >= 0.3 is 0 Å². The lowest BCUT2D eigenvalue weighted by Crippen LogP contribution is -2.38. The summed E-state index contributed by atoms with van der Waals surface area (Å²) in [5.74, 6) is 4.17. The van der Waals surface area contributed by atoms with Gasteiger partial charge in [0.2, 0.25) is 5.91 Å². The summed E-state index contributed by atoms with van der Waals surface area (Å²) in [6.45, 7) is 2.04. The van der Waals surface area contributed by atoms with Crippen molar-refractivity contribution in [1.29, 1.82) is 0 Å². The normalized spacial score (nSPS) is 52.8. The molecular formula is C13H20N2O. The molecular weight excluding hydrogens is 200 g/mol. The van der Waals surface area contributed by atoms with E-state index in [4.69, 9.17) is 0 Å². The summed E-state index contributed by atoms with van der Waals surface area (Å²) in [5, 5.41) is 6.54. The average Bonchev–Trinajstić information content (AvgIpc) is 2.73. The van der Waals surface area contributed by atoms with E-state index < -0.39 is 0 Å². The number of nitrogens with one attached hydrogen (secondary N) is 2. The summed E-state index contributed by atoms with van der Waals surface area (Å²) in [4.78, 5) is 12.2. The van der Waals surface area contributed by atoms with Gasteiger partial charge in [0.25, 0.3) is 0 Å². The van der Waals surface area contributed by atoms with Crippen molar-refractivity contribution in [2.24, 2.45) is 29.6 Å². The van der Waals surface area contributed by atoms with Gasteiger partial charge in [0, 0.05) is 18.5 Å². The zero-order valence-electron chi connectivity index (χ0n) is 9.61. The molecule has 1 aliphatic heterocycles. The molecule has 16 heavy (non-hydrogen) atoms. The van der Waals surface area contributed by atoms with E-state index in [9.17, 15) is 4.79 Å². The molecule has 1 saturated heterocycles. The molecule has 0 aromatic carbocycles. The maximum absolute atomic E-state index is 12.2. The van der Waals surface area contributed by atoms with Gasteiger partial charge in [0.15, 0.2) is 0 Å². The Labute approximate surface area is 96.4 Å². The number of hydrogen-bond acceptors (Lipinski definition) is 2. The van der Waals surface area contributed by atoms with E-state index in [1.807, 2.05) is 0 Å². The zero-order valence-corrected chi connectivity index (χ0v) is 9.61. The van der Waals surface area contributed by atoms with Crippen LogP contribution in [0.1, 0.15) is 25.7 Å². The van der Waals surface area contributed by atoms with Gasteiger partial charge in [-0.2, -0.15) is 0 Å². The van der Waals surface area contributed by atoms with Crippen molar-refractivity contribution in [1.82, 2.24) is 10.6 Å². The molecule has 1 amide bonds. The van der Waals surface area contributed by atoms with Crippen LogP contribution in [0.15, 0.2) is 0 Å². The van der Waals surface area contributed by atoms with Gasteiger partial charge in [0.1, 0.15) is 0 Å². The van der Waals surface area contributed by atoms with E-state index in [0.717, 1.165) is 43.2 Å². The molecule has 88 valence electrons. The van der Waals surface area contributed by atoms with E-state index in [0.29, 0.717) is 17.9 Å². The maximum Gasteiger partial charge on any atom is 0.223 e. The minimum Gasteiger partial charge on any atom is -0.352 e. The fraction of sp³-hybridized carbons (Fsp3) is 0.923. The number of rotatable bonds is 2. The van der Waals surface area contributed by atoms with Gasteiger partial charge in [0.05, 0.1) is 0 Å². The first-order chi connectivity index (χ1) is 7.84. The fourth-order valence-electron chi connectivity index (χ4n) is 4.75. The highest BCUT2D eigenvalue weighted by Crippen LogP contribution is 2.69. The molecule has 2 N–H and O–H groups in total. The lowest BCUT2D eigenvalue weighted by atomic mass is 10.0. The lowest BCUT2D eigenvalue weighted by Gasteiger charge is -2.13. The quantitative estimate of drug-likeness (QED) is 0.721. The van der Waals surface area contributed by atoms with Crippen LogP contribution in [0.5, 0.6) is 0 Å². The summed E-state index contributed by atoms with van der Waals surface area (Å²) in [6, 6.07) is 0.409. The molecule has 4 aliphatic rings. The third kappa shape index (κ3) is 1.21. The monoisotopic (exact) mass is 220 g/mol. The second-order valence-corrected chi connectivity index (χ2v) is 6.21. The maximum atomic E-state index is 12.2. The van der Waals surface area contributed by atoms with Crippen molar-refractivity contribution in [2.75, 3.05) is 13.1 Å². The Balaban J connectivity index is 1.39. The molecule has 3 saturated carbocycles. The van der Waals surface area contributed by atoms with E-state index >= 15 is 0 Å². The molecule has 2 bridgehead atoms. The first-order valence-corrected chi connectivity index (χ1v) is 6.85. The Morgan fingerprint density at radius 2 is 1.88 bits per heavy atom. The minimum absolute atomic E-state index is 0.375. The Morgan fingerprint density at radius 3 is 2.50 bits per heavy atom. The van der Waals surface area contributed by atoms with Crippen molar-refractivity contribution in [2.45, 2.75) is 31.7 Å². The number of carbonyl (C=O) groups is 1. The van der Waals surface area contributed by atoms with Crippen LogP contribution in [0, 0.1) is 29.6 Å². The predicted octanol–water partition coefficient (Wildman–Crippen LogP) is 0.757. The molecule has 4 fully saturated rings. The highest BCUT2D eigenvalue weighted by atomic mass is 16.2. The molecule has 0 aromatic rings. The van der Waals surface area contributed by atoms with Crippen molar-refractivity contribution < 1.29 is 4.79 Å². The van der Waals surface area contributed by atoms with Crippen LogP contribution in [-0.2, 0) is 4.79 Å². The van der Waals surface area contributed by atoms with Crippen molar-refractivity contribution in [3.8, 4) is 0 Å². The molecule has 0 aromatic heterocycles. The molecule has 3 nitrogen and oxygen atoms in total. The third-order valence-corrected chi connectivity index (χ3v) is 5.44. The molecule has 0 radical (unpaired) electrons. The van der Waals surface area contributed by atoms with E-state index in [2.05, 4.69) is 10.6 Å². The van der Waals surface area contributed by atoms with Gasteiger partial charge in [-0.15, -0.1) is 0 Å². The summed E-state index contributed by atoms with van der Waals surface area (Å²) in [7, 11) is 0. The smallest absolute Gasteiger partial charge is 0.223 e. The fourth-order valence-corrected chi connectivity index (χ4v) is 4.75. The predicted molar refractivity (Wildman–Crippen MR) is 60.7 cm³/mol. The molecule has 3 heteroatoms. The van der Waals surface area contributed by atoms with E-state index in [1.165, 1.54) is 19.3 Å². The number of fused-ring (bicyclic) bond motifs is 5.